The van der Waals surface area contributed by atoms with Gasteiger partial charge in [-0.3, -0.25) is 0 Å². The number of aromatic nitrogens is 1. The smallest absolute Gasteiger partial charge is 0.200 e. The largest absolute Gasteiger partial charge is 0.394 e. The third-order valence-electron chi connectivity index (χ3n) is 9.19. The van der Waals surface area contributed by atoms with Crippen molar-refractivity contribution in [2.45, 2.75) is 90.6 Å². The average Bonchev–Trinajstić information content (AvgIpc) is 2.90. The van der Waals surface area contributed by atoms with E-state index in [0.717, 1.165) is 45.6 Å². The molecule has 230 valence electrons. The van der Waals surface area contributed by atoms with Crippen molar-refractivity contribution in [3.05, 3.63) is 77.0 Å². The molecular formula is C39H43F3NS+. The minimum Gasteiger partial charge on any atom is -0.200 e. The molecule has 1 aliphatic rings. The first-order valence-corrected chi connectivity index (χ1v) is 16.5. The van der Waals surface area contributed by atoms with E-state index in [-0.39, 0.29) is 11.8 Å². The second kappa shape index (κ2) is 10.5. The topological polar surface area (TPSA) is 3.88 Å². The first-order valence-electron chi connectivity index (χ1n) is 15.7. The van der Waals surface area contributed by atoms with Gasteiger partial charge in [0.05, 0.1) is 16.4 Å². The zero-order chi connectivity index (χ0) is 31.9. The fraction of sp³-hybridized carbons (Fsp3) is 0.410. The number of alkyl halides is 3. The molecule has 0 spiro atoms. The van der Waals surface area contributed by atoms with Gasteiger partial charge in [-0.1, -0.05) is 96.6 Å². The van der Waals surface area contributed by atoms with Crippen molar-refractivity contribution < 1.29 is 17.7 Å². The maximum absolute atomic E-state index is 14.1. The summed E-state index contributed by atoms with van der Waals surface area (Å²) in [7, 11) is 2.10. The predicted molar refractivity (Wildman–Crippen MR) is 180 cm³/mol. The van der Waals surface area contributed by atoms with Crippen molar-refractivity contribution in [1.29, 1.82) is 0 Å². The summed E-state index contributed by atoms with van der Waals surface area (Å²) >= 11 is 1.84. The lowest BCUT2D eigenvalue weighted by molar-refractivity contribution is -0.659. The summed E-state index contributed by atoms with van der Waals surface area (Å²) in [6.07, 6.45) is -0.290. The molecule has 5 heteroatoms. The van der Waals surface area contributed by atoms with Crippen molar-refractivity contribution in [3.8, 4) is 11.3 Å². The average molecular weight is 615 g/mol. The van der Waals surface area contributed by atoms with Crippen molar-refractivity contribution in [3.63, 3.8) is 0 Å². The van der Waals surface area contributed by atoms with E-state index >= 15 is 0 Å². The van der Waals surface area contributed by atoms with Crippen LogP contribution in [0.1, 0.15) is 70.7 Å². The molecule has 44 heavy (non-hydrogen) atoms. The van der Waals surface area contributed by atoms with Crippen LogP contribution in [0.25, 0.3) is 43.6 Å². The van der Waals surface area contributed by atoms with Gasteiger partial charge in [0.25, 0.3) is 0 Å². The monoisotopic (exact) mass is 614 g/mol. The lowest BCUT2D eigenvalue weighted by Gasteiger charge is -2.29. The third kappa shape index (κ3) is 5.19. The molecule has 5 aromatic rings. The molecule has 0 unspecified atom stereocenters. The predicted octanol–water partition coefficient (Wildman–Crippen LogP) is 11.3. The third-order valence-corrected chi connectivity index (χ3v) is 10.4. The maximum atomic E-state index is 14.1. The number of rotatable bonds is 5. The van der Waals surface area contributed by atoms with E-state index in [1.165, 1.54) is 56.7 Å². The van der Waals surface area contributed by atoms with Crippen molar-refractivity contribution in [2.24, 2.45) is 23.8 Å². The lowest BCUT2D eigenvalue weighted by Crippen LogP contribution is -2.34. The Morgan fingerprint density at radius 2 is 1.57 bits per heavy atom. The summed E-state index contributed by atoms with van der Waals surface area (Å²) in [5.74, 6) is 0.488. The molecule has 0 amide bonds. The van der Waals surface area contributed by atoms with Crippen LogP contribution in [0.5, 0.6) is 0 Å². The number of fused-ring (bicyclic) bond motifs is 5. The molecule has 1 aliphatic heterocycles. The minimum absolute atomic E-state index is 0.0683. The Hall–Kier alpha value is -3.05. The summed E-state index contributed by atoms with van der Waals surface area (Å²) in [5, 5.41) is 6.73. The minimum atomic E-state index is -4.29. The SMILES string of the molecule is Cc1c2c(c(CC(C)C)c3ccc(CC(C)(C)C)cc13)Sc1cc3cccc(CC(C)(C)C(F)(F)F)c3c3cc[n+](C)c-2c13. The molecule has 0 saturated heterocycles. The molecular weight excluding hydrogens is 571 g/mol. The fourth-order valence-corrected chi connectivity index (χ4v) is 8.46. The van der Waals surface area contributed by atoms with Gasteiger partial charge in [-0.05, 0) is 87.4 Å². The number of halogens is 3. The van der Waals surface area contributed by atoms with Crippen molar-refractivity contribution >= 4 is 44.1 Å². The van der Waals surface area contributed by atoms with Crippen molar-refractivity contribution in [2.75, 3.05) is 0 Å². The molecule has 0 saturated carbocycles. The van der Waals surface area contributed by atoms with E-state index in [9.17, 15) is 13.2 Å². The van der Waals surface area contributed by atoms with Crippen LogP contribution >= 0.6 is 11.8 Å². The Bertz CT molecular complexity index is 1960. The molecule has 2 heterocycles. The number of aryl methyl sites for hydroxylation is 2. The maximum Gasteiger partial charge on any atom is 0.394 e. The first kappa shape index (κ1) is 31.0. The Balaban J connectivity index is 1.69. The van der Waals surface area contributed by atoms with Gasteiger partial charge in [0.15, 0.2) is 6.20 Å². The quantitative estimate of drug-likeness (QED) is 0.138. The van der Waals surface area contributed by atoms with Crippen LogP contribution in [0, 0.1) is 23.7 Å². The van der Waals surface area contributed by atoms with Crippen LogP contribution in [0.2, 0.25) is 0 Å². The first-order chi connectivity index (χ1) is 20.5. The van der Waals surface area contributed by atoms with Gasteiger partial charge in [-0.2, -0.15) is 13.2 Å². The number of hydrogen-bond acceptors (Lipinski definition) is 1. The van der Waals surface area contributed by atoms with Crippen LogP contribution in [0.4, 0.5) is 13.2 Å². The van der Waals surface area contributed by atoms with E-state index in [4.69, 9.17) is 0 Å². The Morgan fingerprint density at radius 3 is 2.23 bits per heavy atom. The van der Waals surface area contributed by atoms with Gasteiger partial charge in [0.2, 0.25) is 5.69 Å². The van der Waals surface area contributed by atoms with Crippen molar-refractivity contribution in [1.82, 2.24) is 0 Å². The summed E-state index contributed by atoms with van der Waals surface area (Å²) in [6, 6.07) is 17.2. The normalized spacial score (nSPS) is 13.8. The van der Waals surface area contributed by atoms with Crippen LogP contribution in [-0.2, 0) is 26.3 Å². The van der Waals surface area contributed by atoms with Crippen LogP contribution in [-0.4, -0.2) is 6.18 Å². The summed E-state index contributed by atoms with van der Waals surface area (Å²) in [4.78, 5) is 2.49. The van der Waals surface area contributed by atoms with Gasteiger partial charge in [0, 0.05) is 21.2 Å². The fourth-order valence-electron chi connectivity index (χ4n) is 7.08. The van der Waals surface area contributed by atoms with E-state index in [1.807, 2.05) is 23.9 Å². The van der Waals surface area contributed by atoms with E-state index in [0.29, 0.717) is 5.92 Å². The Labute approximate surface area is 263 Å². The second-order valence-electron chi connectivity index (χ2n) is 15.1. The number of pyridine rings is 1. The molecule has 4 aromatic carbocycles. The van der Waals surface area contributed by atoms with E-state index in [2.05, 4.69) is 95.8 Å². The highest BCUT2D eigenvalue weighted by molar-refractivity contribution is 8.00. The molecule has 0 radical (unpaired) electrons. The van der Waals surface area contributed by atoms with Gasteiger partial charge in [0.1, 0.15) is 7.05 Å². The summed E-state index contributed by atoms with van der Waals surface area (Å²) < 4.78 is 44.4. The Kier molecular flexibility index (Phi) is 7.39. The number of nitrogens with zero attached hydrogens (tertiary/aromatic N) is 1. The highest BCUT2D eigenvalue weighted by atomic mass is 32.2. The highest BCUT2D eigenvalue weighted by Gasteiger charge is 2.47. The zero-order valence-electron chi connectivity index (χ0n) is 27.4. The van der Waals surface area contributed by atoms with E-state index < -0.39 is 11.6 Å². The molecule has 1 nitrogen and oxygen atoms in total. The van der Waals surface area contributed by atoms with Gasteiger partial charge in [-0.25, -0.2) is 4.57 Å². The van der Waals surface area contributed by atoms with Crippen LogP contribution in [0.3, 0.4) is 0 Å². The molecule has 0 bridgehead atoms. The van der Waals surface area contributed by atoms with Gasteiger partial charge in [-0.15, -0.1) is 0 Å². The van der Waals surface area contributed by atoms with Gasteiger partial charge < -0.3 is 0 Å². The molecule has 6 rings (SSSR count). The van der Waals surface area contributed by atoms with Crippen LogP contribution < -0.4 is 4.57 Å². The molecule has 0 fully saturated rings. The standard InChI is InChI=1S/C39H43F3NS/c1-22(2)17-30-27-14-13-24(20-37(4,5)6)18-29(27)23(3)32-35-34-28(15-16-43(35)9)33-25(19-31(34)44-36(30)32)11-10-12-26(33)21-38(7,8)39(40,41)42/h10-16,18-19,22H,17,20-21H2,1-9H3/q+1. The summed E-state index contributed by atoms with van der Waals surface area (Å²) in [6.45, 7) is 16.3. The lowest BCUT2D eigenvalue weighted by atomic mass is 9.82. The molecule has 1 aromatic heterocycles. The zero-order valence-corrected chi connectivity index (χ0v) is 28.2. The van der Waals surface area contributed by atoms with Crippen LogP contribution in [0.15, 0.2) is 64.5 Å². The molecule has 0 aliphatic carbocycles. The highest BCUT2D eigenvalue weighted by Crippen LogP contribution is 2.54. The number of hydrogen-bond donors (Lipinski definition) is 0. The molecule has 0 atom stereocenters. The second-order valence-corrected chi connectivity index (χ2v) is 16.2. The number of benzene rings is 4. The Morgan fingerprint density at radius 1 is 0.841 bits per heavy atom. The summed E-state index contributed by atoms with van der Waals surface area (Å²) in [5.41, 5.74) is 5.52. The van der Waals surface area contributed by atoms with E-state index in [1.54, 1.807) is 0 Å². The van der Waals surface area contributed by atoms with Gasteiger partial charge >= 0.3 is 6.18 Å². The molecule has 0 N–H and O–H groups in total.